The summed E-state index contributed by atoms with van der Waals surface area (Å²) in [6.07, 6.45) is 3.24. The molecule has 1 fully saturated rings. The molecule has 1 aliphatic heterocycles. The molecular formula is C17H23N5OS. The highest BCUT2D eigenvalue weighted by Gasteiger charge is 2.22. The van der Waals surface area contributed by atoms with Gasteiger partial charge in [-0.3, -0.25) is 9.69 Å². The molecule has 1 atom stereocenters. The lowest BCUT2D eigenvalue weighted by Gasteiger charge is -2.32. The topological polar surface area (TPSA) is 85.0 Å². The third-order valence-electron chi connectivity index (χ3n) is 4.46. The number of carbonyl (C=O) groups excluding carboxylic acids is 1. The molecule has 0 aromatic carbocycles. The number of carbonyl (C=O) groups is 1. The molecule has 1 saturated heterocycles. The van der Waals surface area contributed by atoms with Gasteiger partial charge in [0.2, 0.25) is 0 Å². The molecule has 24 heavy (non-hydrogen) atoms. The fourth-order valence-electron chi connectivity index (χ4n) is 3.30. The first-order valence-electron chi connectivity index (χ1n) is 8.27. The molecule has 1 aliphatic rings. The van der Waals surface area contributed by atoms with Gasteiger partial charge >= 0.3 is 0 Å². The largest absolute Gasteiger partial charge is 0.364 e. The van der Waals surface area contributed by atoms with E-state index in [2.05, 4.69) is 26.8 Å². The van der Waals surface area contributed by atoms with E-state index in [-0.39, 0.29) is 0 Å². The second-order valence-electron chi connectivity index (χ2n) is 6.46. The van der Waals surface area contributed by atoms with Gasteiger partial charge in [0.25, 0.3) is 5.91 Å². The van der Waals surface area contributed by atoms with Crippen LogP contribution in [0.3, 0.4) is 0 Å². The van der Waals surface area contributed by atoms with Crippen LogP contribution >= 0.6 is 11.3 Å². The Kier molecular flexibility index (Phi) is 5.20. The van der Waals surface area contributed by atoms with Gasteiger partial charge in [0.15, 0.2) is 0 Å². The van der Waals surface area contributed by atoms with Crippen LogP contribution in [-0.2, 0) is 13.0 Å². The van der Waals surface area contributed by atoms with E-state index >= 15 is 0 Å². The Morgan fingerprint density at radius 3 is 2.96 bits per heavy atom. The fraction of sp³-hybridized carbons (Fsp3) is 0.529. The van der Waals surface area contributed by atoms with Crippen LogP contribution in [0.1, 0.15) is 45.4 Å². The zero-order chi connectivity index (χ0) is 17.1. The Morgan fingerprint density at radius 2 is 2.25 bits per heavy atom. The van der Waals surface area contributed by atoms with Gasteiger partial charge in [0, 0.05) is 23.7 Å². The number of hydrogen-bond acceptors (Lipinski definition) is 6. The lowest BCUT2D eigenvalue weighted by Crippen LogP contribution is -2.35. The van der Waals surface area contributed by atoms with Crippen molar-refractivity contribution in [3.8, 4) is 0 Å². The predicted molar refractivity (Wildman–Crippen MR) is 93.8 cm³/mol. The van der Waals surface area contributed by atoms with Gasteiger partial charge in [-0.2, -0.15) is 0 Å². The van der Waals surface area contributed by atoms with Crippen LogP contribution in [0.5, 0.6) is 0 Å². The van der Waals surface area contributed by atoms with Gasteiger partial charge in [-0.15, -0.1) is 11.3 Å². The van der Waals surface area contributed by atoms with Crippen molar-refractivity contribution in [1.82, 2.24) is 19.9 Å². The summed E-state index contributed by atoms with van der Waals surface area (Å²) >= 11 is 1.73. The first-order chi connectivity index (χ1) is 11.5. The van der Waals surface area contributed by atoms with E-state index in [0.717, 1.165) is 37.4 Å². The molecule has 1 amide bonds. The first kappa shape index (κ1) is 17.0. The summed E-state index contributed by atoms with van der Waals surface area (Å²) in [5.74, 6) is 0.656. The highest BCUT2D eigenvalue weighted by atomic mass is 32.1. The normalized spacial score (nSPS) is 18.7. The van der Waals surface area contributed by atoms with E-state index < -0.39 is 5.91 Å². The van der Waals surface area contributed by atoms with E-state index in [4.69, 9.17) is 5.73 Å². The van der Waals surface area contributed by atoms with Gasteiger partial charge < -0.3 is 5.73 Å². The van der Waals surface area contributed by atoms with E-state index in [1.165, 1.54) is 17.7 Å². The third-order valence-corrected chi connectivity index (χ3v) is 5.38. The van der Waals surface area contributed by atoms with Crippen molar-refractivity contribution in [1.29, 1.82) is 0 Å². The third kappa shape index (κ3) is 4.15. The molecule has 0 bridgehead atoms. The number of thiazole rings is 1. The molecule has 0 unspecified atom stereocenters. The highest BCUT2D eigenvalue weighted by molar-refractivity contribution is 7.09. The number of likely N-dealkylation sites (tertiary alicyclic amines) is 1. The van der Waals surface area contributed by atoms with Crippen LogP contribution in [-0.4, -0.2) is 38.8 Å². The summed E-state index contributed by atoms with van der Waals surface area (Å²) in [4.78, 5) is 28.1. The Hall–Kier alpha value is -1.86. The van der Waals surface area contributed by atoms with Crippen LogP contribution < -0.4 is 5.73 Å². The van der Waals surface area contributed by atoms with E-state index in [1.54, 1.807) is 24.3 Å². The van der Waals surface area contributed by atoms with E-state index in [9.17, 15) is 4.79 Å². The summed E-state index contributed by atoms with van der Waals surface area (Å²) in [6.45, 7) is 7.02. The summed E-state index contributed by atoms with van der Waals surface area (Å²) in [6, 6.07) is 1.74. The average Bonchev–Trinajstić information content (AvgIpc) is 2.92. The Labute approximate surface area is 146 Å². The second-order valence-corrected chi connectivity index (χ2v) is 7.40. The van der Waals surface area contributed by atoms with Gasteiger partial charge in [-0.1, -0.05) is 0 Å². The molecule has 3 rings (SSSR count). The maximum atomic E-state index is 11.4. The Bertz CT molecular complexity index is 730. The molecule has 2 N–H and O–H groups in total. The minimum atomic E-state index is -0.493. The number of nitrogens with two attached hydrogens (primary N) is 1. The SMILES string of the molecule is Cc1nc(C[C@@H]2CCCN(Cc3scnc3C)C2)cc(C(N)=O)n1. The molecule has 2 aromatic rings. The summed E-state index contributed by atoms with van der Waals surface area (Å²) in [5, 5.41) is 0. The maximum absolute atomic E-state index is 11.4. The molecule has 0 saturated carbocycles. The minimum absolute atomic E-state index is 0.311. The van der Waals surface area contributed by atoms with Crippen LogP contribution in [0.15, 0.2) is 11.6 Å². The van der Waals surface area contributed by atoms with Crippen LogP contribution in [0, 0.1) is 19.8 Å². The van der Waals surface area contributed by atoms with Crippen LogP contribution in [0.25, 0.3) is 0 Å². The summed E-state index contributed by atoms with van der Waals surface area (Å²) in [5.41, 5.74) is 9.64. The first-order valence-corrected chi connectivity index (χ1v) is 9.15. The van der Waals surface area contributed by atoms with Crippen molar-refractivity contribution in [2.45, 2.75) is 39.7 Å². The molecule has 0 radical (unpaired) electrons. The predicted octanol–water partition coefficient (Wildman–Crippen LogP) is 2.10. The number of aromatic nitrogens is 3. The monoisotopic (exact) mass is 345 g/mol. The quantitative estimate of drug-likeness (QED) is 0.897. The van der Waals surface area contributed by atoms with E-state index in [1.807, 2.05) is 5.51 Å². The smallest absolute Gasteiger partial charge is 0.267 e. The maximum Gasteiger partial charge on any atom is 0.267 e. The molecule has 6 nitrogen and oxygen atoms in total. The van der Waals surface area contributed by atoms with Gasteiger partial charge in [0.1, 0.15) is 11.5 Å². The molecule has 7 heteroatoms. The zero-order valence-corrected chi connectivity index (χ0v) is 15.0. The summed E-state index contributed by atoms with van der Waals surface area (Å²) < 4.78 is 0. The number of aryl methyl sites for hydroxylation is 2. The molecule has 0 spiro atoms. The number of rotatable bonds is 5. The molecule has 2 aromatic heterocycles. The number of primary amides is 1. The van der Waals surface area contributed by atoms with Crippen molar-refractivity contribution in [3.63, 3.8) is 0 Å². The number of hydrogen-bond donors (Lipinski definition) is 1. The van der Waals surface area contributed by atoms with Crippen LogP contribution in [0.4, 0.5) is 0 Å². The number of nitrogens with zero attached hydrogens (tertiary/aromatic N) is 4. The van der Waals surface area contributed by atoms with Crippen molar-refractivity contribution in [2.75, 3.05) is 13.1 Å². The number of amides is 1. The molecule has 3 heterocycles. The fourth-order valence-corrected chi connectivity index (χ4v) is 4.12. The zero-order valence-electron chi connectivity index (χ0n) is 14.2. The molecule has 0 aliphatic carbocycles. The Morgan fingerprint density at radius 1 is 1.42 bits per heavy atom. The van der Waals surface area contributed by atoms with Crippen molar-refractivity contribution >= 4 is 17.2 Å². The van der Waals surface area contributed by atoms with Crippen molar-refractivity contribution in [2.24, 2.45) is 11.7 Å². The molecular weight excluding hydrogens is 322 g/mol. The van der Waals surface area contributed by atoms with Crippen molar-refractivity contribution < 1.29 is 4.79 Å². The van der Waals surface area contributed by atoms with Gasteiger partial charge in [-0.05, 0) is 51.6 Å². The second kappa shape index (κ2) is 7.36. The molecule has 128 valence electrons. The standard InChI is InChI=1S/C17H23N5OS/c1-11-16(24-10-19-11)9-22-5-3-4-13(8-22)6-14-7-15(17(18)23)21-12(2)20-14/h7,10,13H,3-6,8-9H2,1-2H3,(H2,18,23)/t13-/m0/s1. The lowest BCUT2D eigenvalue weighted by atomic mass is 9.93. The van der Waals surface area contributed by atoms with Gasteiger partial charge in [0.05, 0.1) is 11.2 Å². The highest BCUT2D eigenvalue weighted by Crippen LogP contribution is 2.23. The van der Waals surface area contributed by atoms with Crippen LogP contribution in [0.2, 0.25) is 0 Å². The average molecular weight is 345 g/mol. The van der Waals surface area contributed by atoms with E-state index in [0.29, 0.717) is 17.4 Å². The number of piperidine rings is 1. The summed E-state index contributed by atoms with van der Waals surface area (Å²) in [7, 11) is 0. The minimum Gasteiger partial charge on any atom is -0.364 e. The lowest BCUT2D eigenvalue weighted by molar-refractivity contribution is 0.0995. The van der Waals surface area contributed by atoms with Gasteiger partial charge in [-0.25, -0.2) is 15.0 Å². The van der Waals surface area contributed by atoms with Crippen molar-refractivity contribution in [3.05, 3.63) is 39.4 Å². The Balaban J connectivity index is 1.65.